The van der Waals surface area contributed by atoms with Crippen LogP contribution in [0.3, 0.4) is 0 Å². The number of phenols is 1. The Bertz CT molecular complexity index is 1210. The zero-order valence-corrected chi connectivity index (χ0v) is 20.6. The van der Waals surface area contributed by atoms with Gasteiger partial charge in [-0.25, -0.2) is 0 Å². The van der Waals surface area contributed by atoms with Crippen LogP contribution in [0.1, 0.15) is 37.0 Å². The Labute approximate surface area is 200 Å². The summed E-state index contributed by atoms with van der Waals surface area (Å²) in [5, 5.41) is 16.7. The zero-order valence-electron chi connectivity index (χ0n) is 19.6. The number of rotatable bonds is 8. The molecule has 34 heavy (non-hydrogen) atoms. The second-order valence-corrected chi connectivity index (χ2v) is 13.4. The molecule has 1 aromatic heterocycles. The molecule has 174 valence electrons. The van der Waals surface area contributed by atoms with Gasteiger partial charge in [-0.1, -0.05) is 92.7 Å². The lowest BCUT2D eigenvalue weighted by atomic mass is 10.1. The van der Waals surface area contributed by atoms with Crippen LogP contribution in [0.5, 0.6) is 5.75 Å². The zero-order chi connectivity index (χ0) is 24.2. The number of para-hydroxylation sites is 1. The van der Waals surface area contributed by atoms with Crippen molar-refractivity contribution in [1.29, 1.82) is 0 Å². The molecule has 0 amide bonds. The minimum atomic E-state index is -2.65. The number of phenolic OH excluding ortho intramolecular Hbond substituents is 1. The molecule has 4 rings (SSSR count). The number of carbonyl (C=O) groups excluding carboxylic acids is 1. The van der Waals surface area contributed by atoms with Gasteiger partial charge in [0.05, 0.1) is 11.1 Å². The van der Waals surface area contributed by atoms with Crippen LogP contribution >= 0.6 is 0 Å². The first-order valence-electron chi connectivity index (χ1n) is 11.2. The second-order valence-electron chi connectivity index (χ2n) is 9.14. The van der Waals surface area contributed by atoms with E-state index in [9.17, 15) is 9.90 Å². The summed E-state index contributed by atoms with van der Waals surface area (Å²) in [6.07, 6.45) is 1.04. The van der Waals surface area contributed by atoms with E-state index in [-0.39, 0.29) is 22.2 Å². The van der Waals surface area contributed by atoms with Gasteiger partial charge in [-0.15, -0.1) is 0 Å². The van der Waals surface area contributed by atoms with Crippen LogP contribution in [-0.4, -0.2) is 36.5 Å². The molecule has 0 aliphatic heterocycles. The van der Waals surface area contributed by atoms with Gasteiger partial charge in [0.2, 0.25) is 0 Å². The number of hydrogen-bond donors (Lipinski definition) is 1. The molecule has 0 bridgehead atoms. The van der Waals surface area contributed by atoms with E-state index in [0.29, 0.717) is 30.7 Å². The lowest BCUT2D eigenvalue weighted by Crippen LogP contribution is -2.66. The molecule has 0 saturated carbocycles. The summed E-state index contributed by atoms with van der Waals surface area (Å²) in [7, 11) is -2.65. The maximum Gasteiger partial charge on any atom is 0.261 e. The summed E-state index contributed by atoms with van der Waals surface area (Å²) in [5.41, 5.74) is 0.503. The van der Waals surface area contributed by atoms with Crippen LogP contribution in [0, 0.1) is 0 Å². The van der Waals surface area contributed by atoms with E-state index in [1.807, 2.05) is 12.1 Å². The van der Waals surface area contributed by atoms with Crippen LogP contribution in [0.15, 0.2) is 83.4 Å². The number of hydrogen-bond acceptors (Lipinski definition) is 6. The minimum Gasteiger partial charge on any atom is -0.506 e. The van der Waals surface area contributed by atoms with Crippen molar-refractivity contribution in [2.45, 2.75) is 32.2 Å². The third kappa shape index (κ3) is 4.44. The van der Waals surface area contributed by atoms with Crippen LogP contribution in [0.25, 0.3) is 11.5 Å². The number of nitrogens with zero attached hydrogens (tertiary/aromatic N) is 2. The maximum atomic E-state index is 11.1. The number of benzene rings is 3. The molecule has 0 spiro atoms. The molecule has 6 nitrogen and oxygen atoms in total. The highest BCUT2D eigenvalue weighted by Crippen LogP contribution is 2.37. The van der Waals surface area contributed by atoms with Gasteiger partial charge >= 0.3 is 0 Å². The van der Waals surface area contributed by atoms with Gasteiger partial charge in [-0.2, -0.15) is 4.98 Å². The van der Waals surface area contributed by atoms with E-state index >= 15 is 0 Å². The first-order valence-corrected chi connectivity index (χ1v) is 13.1. The average Bonchev–Trinajstić information content (AvgIpc) is 3.31. The van der Waals surface area contributed by atoms with Gasteiger partial charge in [-0.05, 0) is 27.5 Å². The highest BCUT2D eigenvalue weighted by atomic mass is 28.4. The van der Waals surface area contributed by atoms with Crippen LogP contribution in [-0.2, 0) is 10.8 Å². The van der Waals surface area contributed by atoms with Crippen molar-refractivity contribution >= 4 is 25.0 Å². The summed E-state index contributed by atoms with van der Waals surface area (Å²) in [6.45, 7) is 7.10. The summed E-state index contributed by atoms with van der Waals surface area (Å²) < 4.78 is 12.2. The molecule has 0 fully saturated rings. The highest BCUT2D eigenvalue weighted by molar-refractivity contribution is 6.99. The highest BCUT2D eigenvalue weighted by Gasteiger charge is 2.50. The molecule has 1 heterocycles. The molecule has 0 unspecified atom stereocenters. The van der Waals surface area contributed by atoms with Gasteiger partial charge in [0, 0.05) is 13.0 Å². The van der Waals surface area contributed by atoms with E-state index in [1.165, 1.54) is 16.4 Å². The fourth-order valence-electron chi connectivity index (χ4n) is 4.35. The molecule has 0 aliphatic rings. The number of aromatic nitrogens is 2. The number of aromatic hydroxyl groups is 1. The third-order valence-corrected chi connectivity index (χ3v) is 11.0. The Morgan fingerprint density at radius 3 is 2.12 bits per heavy atom. The van der Waals surface area contributed by atoms with Crippen molar-refractivity contribution < 1.29 is 18.9 Å². The Balaban J connectivity index is 1.61. The lowest BCUT2D eigenvalue weighted by Gasteiger charge is -2.43. The topological polar surface area (TPSA) is 85.5 Å². The minimum absolute atomic E-state index is 0.126. The van der Waals surface area contributed by atoms with Gasteiger partial charge in [-0.3, -0.25) is 4.79 Å². The first-order chi connectivity index (χ1) is 16.4. The molecule has 4 aromatic rings. The standard InChI is InChI=1S/C27H28N2O4Si/c1-27(2,3)34(21-12-6-4-7-13-21,22-14-8-5-9-15-22)32-18-17-24-28-26(33-29-24)23-16-10-11-20(19-30)25(23)31/h4-16,19,31H,17-18H2,1-3H3. The third-order valence-electron chi connectivity index (χ3n) is 5.95. The Hall–Kier alpha value is -3.55. The molecule has 7 heteroatoms. The molecule has 0 aliphatic carbocycles. The van der Waals surface area contributed by atoms with Crippen molar-refractivity contribution in [3.05, 3.63) is 90.3 Å². The molecular formula is C27H28N2O4Si. The number of aldehydes is 1. The lowest BCUT2D eigenvalue weighted by molar-refractivity contribution is 0.112. The van der Waals surface area contributed by atoms with Crippen molar-refractivity contribution in [3.8, 4) is 17.2 Å². The van der Waals surface area contributed by atoms with Crippen molar-refractivity contribution in [2.75, 3.05) is 6.61 Å². The van der Waals surface area contributed by atoms with E-state index in [0.717, 1.165) is 0 Å². The Morgan fingerprint density at radius 2 is 1.56 bits per heavy atom. The monoisotopic (exact) mass is 472 g/mol. The normalized spacial score (nSPS) is 12.0. The Morgan fingerprint density at radius 1 is 0.941 bits per heavy atom. The molecule has 0 atom stereocenters. The number of carbonyl (C=O) groups is 1. The predicted octanol–water partition coefficient (Wildman–Crippen LogP) is 4.37. The van der Waals surface area contributed by atoms with E-state index in [1.54, 1.807) is 12.1 Å². The van der Waals surface area contributed by atoms with Crippen LogP contribution in [0.4, 0.5) is 0 Å². The molecule has 0 saturated heterocycles. The SMILES string of the molecule is CC(C)(C)[Si](OCCc1noc(-c2cccc(C=O)c2O)n1)(c1ccccc1)c1ccccc1. The molecule has 3 aromatic carbocycles. The predicted molar refractivity (Wildman–Crippen MR) is 134 cm³/mol. The molecule has 0 radical (unpaired) electrons. The van der Waals surface area contributed by atoms with Gasteiger partial charge in [0.1, 0.15) is 5.75 Å². The molecule has 1 N–H and O–H groups in total. The fraction of sp³-hybridized carbons (Fsp3) is 0.222. The summed E-state index contributed by atoms with van der Waals surface area (Å²) in [5.74, 6) is 0.474. The maximum absolute atomic E-state index is 11.1. The van der Waals surface area contributed by atoms with E-state index < -0.39 is 8.32 Å². The Kier molecular flexibility index (Phi) is 6.76. The largest absolute Gasteiger partial charge is 0.506 e. The quantitative estimate of drug-likeness (QED) is 0.303. The van der Waals surface area contributed by atoms with Gasteiger partial charge in [0.25, 0.3) is 14.2 Å². The molecular weight excluding hydrogens is 444 g/mol. The first kappa shape index (κ1) is 23.6. The fourth-order valence-corrected chi connectivity index (χ4v) is 8.91. The van der Waals surface area contributed by atoms with Gasteiger partial charge in [0.15, 0.2) is 12.1 Å². The van der Waals surface area contributed by atoms with Gasteiger partial charge < -0.3 is 14.1 Å². The van der Waals surface area contributed by atoms with Crippen molar-refractivity contribution in [3.63, 3.8) is 0 Å². The average molecular weight is 473 g/mol. The van der Waals surface area contributed by atoms with E-state index in [4.69, 9.17) is 8.95 Å². The second kappa shape index (κ2) is 9.75. The van der Waals surface area contributed by atoms with Crippen LogP contribution < -0.4 is 10.4 Å². The van der Waals surface area contributed by atoms with Crippen molar-refractivity contribution in [2.24, 2.45) is 0 Å². The van der Waals surface area contributed by atoms with Crippen molar-refractivity contribution in [1.82, 2.24) is 10.1 Å². The van der Waals surface area contributed by atoms with Crippen LogP contribution in [0.2, 0.25) is 5.04 Å². The summed E-state index contributed by atoms with van der Waals surface area (Å²) >= 11 is 0. The smallest absolute Gasteiger partial charge is 0.261 e. The summed E-state index contributed by atoms with van der Waals surface area (Å²) in [6, 6.07) is 25.7. The van der Waals surface area contributed by atoms with E-state index in [2.05, 4.69) is 79.4 Å². The summed E-state index contributed by atoms with van der Waals surface area (Å²) in [4.78, 5) is 15.6.